The Morgan fingerprint density at radius 2 is 1.87 bits per heavy atom. The summed E-state index contributed by atoms with van der Waals surface area (Å²) in [7, 11) is 0. The third kappa shape index (κ3) is 3.27. The van der Waals surface area contributed by atoms with E-state index in [-0.39, 0.29) is 11.9 Å². The van der Waals surface area contributed by atoms with E-state index in [1.165, 1.54) is 0 Å². The highest BCUT2D eigenvalue weighted by Crippen LogP contribution is 2.10. The molecule has 82 valence electrons. The smallest absolute Gasteiger partial charge is 0.219 e. The number of rotatable bonds is 3. The quantitative estimate of drug-likeness (QED) is 0.769. The number of nitrogens with two attached hydrogens (primary N) is 1. The molecule has 3 heteroatoms. The van der Waals surface area contributed by atoms with Crippen LogP contribution in [0.2, 0.25) is 0 Å². The average Bonchev–Trinajstić information content (AvgIpc) is 2.15. The first-order valence-corrected chi connectivity index (χ1v) is 5.12. The molecule has 2 N–H and O–H groups in total. The fourth-order valence-electron chi connectivity index (χ4n) is 1.48. The Labute approximate surface area is 90.9 Å². The summed E-state index contributed by atoms with van der Waals surface area (Å²) in [5.41, 5.74) is 7.45. The van der Waals surface area contributed by atoms with Gasteiger partial charge in [0, 0.05) is 25.2 Å². The fourth-order valence-corrected chi connectivity index (χ4v) is 1.48. The Hall–Kier alpha value is -1.51. The Morgan fingerprint density at radius 3 is 2.27 bits per heavy atom. The van der Waals surface area contributed by atoms with Gasteiger partial charge in [-0.25, -0.2) is 0 Å². The largest absolute Gasteiger partial charge is 0.399 e. The van der Waals surface area contributed by atoms with Crippen LogP contribution in [0.4, 0.5) is 5.69 Å². The van der Waals surface area contributed by atoms with Crippen LogP contribution < -0.4 is 5.73 Å². The van der Waals surface area contributed by atoms with E-state index >= 15 is 0 Å². The number of nitrogen functional groups attached to an aromatic ring is 1. The van der Waals surface area contributed by atoms with Gasteiger partial charge in [0.2, 0.25) is 5.91 Å². The maximum Gasteiger partial charge on any atom is 0.219 e. The van der Waals surface area contributed by atoms with E-state index in [0.717, 1.165) is 11.3 Å². The standard InChI is InChI=1S/C12H18N2O/c1-9(2)14(10(3)15)8-11-4-6-12(13)7-5-11/h4-7,9H,8,13H2,1-3H3. The van der Waals surface area contributed by atoms with Gasteiger partial charge >= 0.3 is 0 Å². The molecule has 0 spiro atoms. The summed E-state index contributed by atoms with van der Waals surface area (Å²) in [6, 6.07) is 7.84. The molecule has 1 rings (SSSR count). The Morgan fingerprint density at radius 1 is 1.33 bits per heavy atom. The number of carbonyl (C=O) groups is 1. The van der Waals surface area contributed by atoms with Crippen LogP contribution in [0.3, 0.4) is 0 Å². The zero-order chi connectivity index (χ0) is 11.4. The normalized spacial score (nSPS) is 10.4. The summed E-state index contributed by atoms with van der Waals surface area (Å²) in [5, 5.41) is 0. The lowest BCUT2D eigenvalue weighted by atomic mass is 10.1. The molecule has 15 heavy (non-hydrogen) atoms. The molecule has 0 radical (unpaired) electrons. The van der Waals surface area contributed by atoms with Crippen molar-refractivity contribution in [3.8, 4) is 0 Å². The molecule has 0 aliphatic rings. The number of carbonyl (C=O) groups excluding carboxylic acids is 1. The van der Waals surface area contributed by atoms with Crippen LogP contribution in [0, 0.1) is 0 Å². The fraction of sp³-hybridized carbons (Fsp3) is 0.417. The minimum Gasteiger partial charge on any atom is -0.399 e. The Balaban J connectivity index is 2.74. The molecule has 1 aromatic carbocycles. The second kappa shape index (κ2) is 4.82. The Bertz CT molecular complexity index is 330. The Kier molecular flexibility index (Phi) is 3.72. The topological polar surface area (TPSA) is 46.3 Å². The van der Waals surface area contributed by atoms with Crippen molar-refractivity contribution >= 4 is 11.6 Å². The minimum atomic E-state index is 0.0989. The molecular weight excluding hydrogens is 188 g/mol. The van der Waals surface area contributed by atoms with Gasteiger partial charge in [0.25, 0.3) is 0 Å². The van der Waals surface area contributed by atoms with E-state index in [1.54, 1.807) is 6.92 Å². The highest BCUT2D eigenvalue weighted by molar-refractivity contribution is 5.73. The molecule has 0 saturated heterocycles. The summed E-state index contributed by atoms with van der Waals surface area (Å²) < 4.78 is 0. The molecular formula is C12H18N2O. The van der Waals surface area contributed by atoms with E-state index in [4.69, 9.17) is 5.73 Å². The zero-order valence-electron chi connectivity index (χ0n) is 9.53. The summed E-state index contributed by atoms with van der Waals surface area (Å²) >= 11 is 0. The molecule has 1 amide bonds. The number of amides is 1. The van der Waals surface area contributed by atoms with Gasteiger partial charge in [-0.05, 0) is 31.5 Å². The molecule has 0 aromatic heterocycles. The van der Waals surface area contributed by atoms with Crippen LogP contribution in [0.25, 0.3) is 0 Å². The molecule has 0 heterocycles. The first-order valence-electron chi connectivity index (χ1n) is 5.12. The summed E-state index contributed by atoms with van der Waals surface area (Å²) in [4.78, 5) is 13.2. The SMILES string of the molecule is CC(=O)N(Cc1ccc(N)cc1)C(C)C. The van der Waals surface area contributed by atoms with Crippen LogP contribution in [0.15, 0.2) is 24.3 Å². The van der Waals surface area contributed by atoms with E-state index in [0.29, 0.717) is 6.54 Å². The highest BCUT2D eigenvalue weighted by Gasteiger charge is 2.12. The first kappa shape index (κ1) is 11.6. The van der Waals surface area contributed by atoms with Crippen LogP contribution in [0.1, 0.15) is 26.3 Å². The molecule has 0 saturated carbocycles. The van der Waals surface area contributed by atoms with Gasteiger partial charge in [-0.15, -0.1) is 0 Å². The van der Waals surface area contributed by atoms with Gasteiger partial charge in [-0.1, -0.05) is 12.1 Å². The number of nitrogens with zero attached hydrogens (tertiary/aromatic N) is 1. The van der Waals surface area contributed by atoms with Crippen molar-refractivity contribution in [3.05, 3.63) is 29.8 Å². The predicted molar refractivity (Wildman–Crippen MR) is 62.2 cm³/mol. The monoisotopic (exact) mass is 206 g/mol. The molecule has 3 nitrogen and oxygen atoms in total. The molecule has 0 atom stereocenters. The lowest BCUT2D eigenvalue weighted by Crippen LogP contribution is -2.34. The van der Waals surface area contributed by atoms with Gasteiger partial charge in [-0.3, -0.25) is 4.79 Å². The second-order valence-corrected chi connectivity index (χ2v) is 3.98. The summed E-state index contributed by atoms with van der Waals surface area (Å²) in [5.74, 6) is 0.0989. The van der Waals surface area contributed by atoms with E-state index in [1.807, 2.05) is 43.0 Å². The maximum atomic E-state index is 11.4. The second-order valence-electron chi connectivity index (χ2n) is 3.98. The number of benzene rings is 1. The summed E-state index contributed by atoms with van der Waals surface area (Å²) in [6.45, 7) is 6.27. The van der Waals surface area contributed by atoms with Gasteiger partial charge in [-0.2, -0.15) is 0 Å². The van der Waals surface area contributed by atoms with Crippen LogP contribution in [-0.4, -0.2) is 16.8 Å². The molecule has 0 unspecified atom stereocenters. The van der Waals surface area contributed by atoms with Crippen molar-refractivity contribution in [1.29, 1.82) is 0 Å². The van der Waals surface area contributed by atoms with Crippen molar-refractivity contribution < 1.29 is 4.79 Å². The van der Waals surface area contributed by atoms with Crippen LogP contribution in [0.5, 0.6) is 0 Å². The lowest BCUT2D eigenvalue weighted by molar-refractivity contribution is -0.131. The number of hydrogen-bond donors (Lipinski definition) is 1. The van der Waals surface area contributed by atoms with Crippen molar-refractivity contribution in [1.82, 2.24) is 4.90 Å². The number of hydrogen-bond acceptors (Lipinski definition) is 2. The minimum absolute atomic E-state index is 0.0989. The van der Waals surface area contributed by atoms with Gasteiger partial charge in [0.15, 0.2) is 0 Å². The predicted octanol–water partition coefficient (Wildman–Crippen LogP) is 2.03. The van der Waals surface area contributed by atoms with E-state index in [2.05, 4.69) is 0 Å². The zero-order valence-corrected chi connectivity index (χ0v) is 9.53. The van der Waals surface area contributed by atoms with Gasteiger partial charge in [0.1, 0.15) is 0 Å². The van der Waals surface area contributed by atoms with E-state index in [9.17, 15) is 4.79 Å². The third-order valence-corrected chi connectivity index (χ3v) is 2.36. The van der Waals surface area contributed by atoms with Crippen molar-refractivity contribution in [2.75, 3.05) is 5.73 Å². The van der Waals surface area contributed by atoms with Gasteiger partial charge < -0.3 is 10.6 Å². The number of anilines is 1. The van der Waals surface area contributed by atoms with Crippen LogP contribution in [-0.2, 0) is 11.3 Å². The molecule has 0 fully saturated rings. The maximum absolute atomic E-state index is 11.4. The highest BCUT2D eigenvalue weighted by atomic mass is 16.2. The van der Waals surface area contributed by atoms with Crippen molar-refractivity contribution in [2.24, 2.45) is 0 Å². The van der Waals surface area contributed by atoms with Crippen molar-refractivity contribution in [3.63, 3.8) is 0 Å². The molecule has 0 aliphatic heterocycles. The molecule has 1 aromatic rings. The molecule has 0 aliphatic carbocycles. The van der Waals surface area contributed by atoms with Crippen molar-refractivity contribution in [2.45, 2.75) is 33.4 Å². The third-order valence-electron chi connectivity index (χ3n) is 2.36. The van der Waals surface area contributed by atoms with Crippen LogP contribution >= 0.6 is 0 Å². The summed E-state index contributed by atoms with van der Waals surface area (Å²) in [6.07, 6.45) is 0. The molecule has 0 bridgehead atoms. The lowest BCUT2D eigenvalue weighted by Gasteiger charge is -2.25. The van der Waals surface area contributed by atoms with Gasteiger partial charge in [0.05, 0.1) is 0 Å². The average molecular weight is 206 g/mol. The first-order chi connectivity index (χ1) is 7.00. The van der Waals surface area contributed by atoms with E-state index < -0.39 is 0 Å².